The lowest BCUT2D eigenvalue weighted by molar-refractivity contribution is -0.394. The topological polar surface area (TPSA) is 155 Å². The predicted octanol–water partition coefficient (Wildman–Crippen LogP) is 3.45. The smallest absolute Gasteiger partial charge is 0.311 e. The van der Waals surface area contributed by atoms with Crippen molar-refractivity contribution >= 4 is 49.9 Å². The number of amides is 1. The van der Waals surface area contributed by atoms with Gasteiger partial charge < -0.3 is 4.74 Å². The number of aryl methyl sites for hydroxylation is 2. The maximum absolute atomic E-state index is 12.1. The Bertz CT molecular complexity index is 1220. The highest BCUT2D eigenvalue weighted by Gasteiger charge is 2.22. The molecule has 3 aromatic rings. The van der Waals surface area contributed by atoms with E-state index in [0.717, 1.165) is 39.5 Å². The molecule has 0 fully saturated rings. The summed E-state index contributed by atoms with van der Waals surface area (Å²) in [7, 11) is 0. The third-order valence-electron chi connectivity index (χ3n) is 4.25. The molecule has 0 aliphatic carbocycles. The Labute approximate surface area is 179 Å². The van der Waals surface area contributed by atoms with Crippen molar-refractivity contribution in [2.75, 3.05) is 11.9 Å². The van der Waals surface area contributed by atoms with E-state index in [1.807, 2.05) is 26.0 Å². The van der Waals surface area contributed by atoms with Crippen molar-refractivity contribution in [3.63, 3.8) is 0 Å². The SMILES string of the molecule is Cc1cc(C)c2nc(NC(=O)COC(=O)Cc3ccc([N+](=O)[O-])cc3[N+](=O)[O-])sc2c1. The van der Waals surface area contributed by atoms with Crippen molar-refractivity contribution in [2.45, 2.75) is 20.3 Å². The fraction of sp³-hybridized carbons (Fsp3) is 0.211. The zero-order valence-corrected chi connectivity index (χ0v) is 17.2. The van der Waals surface area contributed by atoms with Gasteiger partial charge in [0, 0.05) is 11.6 Å². The number of non-ortho nitro benzene ring substituents is 1. The van der Waals surface area contributed by atoms with Gasteiger partial charge >= 0.3 is 5.97 Å². The third-order valence-corrected chi connectivity index (χ3v) is 5.17. The first kappa shape index (κ1) is 21.8. The molecule has 0 aliphatic rings. The van der Waals surface area contributed by atoms with Crippen molar-refractivity contribution in [2.24, 2.45) is 0 Å². The summed E-state index contributed by atoms with van der Waals surface area (Å²) in [5, 5.41) is 24.8. The molecule has 31 heavy (non-hydrogen) atoms. The summed E-state index contributed by atoms with van der Waals surface area (Å²) in [5.74, 6) is -1.50. The number of nitrogens with zero attached hydrogens (tertiary/aromatic N) is 3. The second kappa shape index (κ2) is 8.83. The van der Waals surface area contributed by atoms with Crippen LogP contribution in [0.15, 0.2) is 30.3 Å². The molecular formula is C19H16N4O7S. The van der Waals surface area contributed by atoms with Crippen LogP contribution in [0.4, 0.5) is 16.5 Å². The number of rotatable bonds is 7. The molecule has 1 N–H and O–H groups in total. The van der Waals surface area contributed by atoms with Crippen LogP contribution >= 0.6 is 11.3 Å². The molecule has 0 aliphatic heterocycles. The monoisotopic (exact) mass is 444 g/mol. The van der Waals surface area contributed by atoms with Gasteiger partial charge in [-0.3, -0.25) is 35.1 Å². The molecular weight excluding hydrogens is 428 g/mol. The minimum atomic E-state index is -0.886. The average Bonchev–Trinajstić information content (AvgIpc) is 3.08. The molecule has 11 nitrogen and oxygen atoms in total. The van der Waals surface area contributed by atoms with Crippen LogP contribution in [-0.2, 0) is 20.7 Å². The van der Waals surface area contributed by atoms with Crippen molar-refractivity contribution < 1.29 is 24.2 Å². The first-order valence-electron chi connectivity index (χ1n) is 8.89. The second-order valence-corrected chi connectivity index (χ2v) is 7.69. The van der Waals surface area contributed by atoms with E-state index in [9.17, 15) is 29.8 Å². The van der Waals surface area contributed by atoms with Gasteiger partial charge in [0.15, 0.2) is 11.7 Å². The van der Waals surface area contributed by atoms with Gasteiger partial charge in [0.05, 0.1) is 32.6 Å². The maximum Gasteiger partial charge on any atom is 0.311 e. The summed E-state index contributed by atoms with van der Waals surface area (Å²) >= 11 is 1.29. The number of nitro benzene ring substituents is 2. The summed E-state index contributed by atoms with van der Waals surface area (Å²) < 4.78 is 5.79. The van der Waals surface area contributed by atoms with Crippen LogP contribution in [0.3, 0.4) is 0 Å². The van der Waals surface area contributed by atoms with Gasteiger partial charge in [-0.15, -0.1) is 0 Å². The van der Waals surface area contributed by atoms with E-state index in [1.54, 1.807) is 0 Å². The number of fused-ring (bicyclic) bond motifs is 1. The van der Waals surface area contributed by atoms with E-state index < -0.39 is 46.1 Å². The predicted molar refractivity (Wildman–Crippen MR) is 112 cm³/mol. The number of nitro groups is 2. The number of benzene rings is 2. The molecule has 0 atom stereocenters. The van der Waals surface area contributed by atoms with Crippen molar-refractivity contribution in [1.29, 1.82) is 0 Å². The summed E-state index contributed by atoms with van der Waals surface area (Å²) in [6.45, 7) is 3.27. The van der Waals surface area contributed by atoms with Gasteiger partial charge in [-0.2, -0.15) is 0 Å². The number of esters is 1. The van der Waals surface area contributed by atoms with E-state index >= 15 is 0 Å². The number of hydrogen-bond donors (Lipinski definition) is 1. The number of thiazole rings is 1. The van der Waals surface area contributed by atoms with Crippen LogP contribution < -0.4 is 5.32 Å². The molecule has 12 heteroatoms. The number of nitrogens with one attached hydrogen (secondary N) is 1. The standard InChI is InChI=1S/C19H16N4O7S/c1-10-5-11(2)18-15(6-10)31-19(21-18)20-16(24)9-30-17(25)7-12-3-4-13(22(26)27)8-14(12)23(28)29/h3-6,8H,7,9H2,1-2H3,(H,20,21,24). The van der Waals surface area contributed by atoms with Crippen molar-refractivity contribution in [1.82, 2.24) is 4.98 Å². The largest absolute Gasteiger partial charge is 0.455 e. The van der Waals surface area contributed by atoms with Gasteiger partial charge in [0.1, 0.15) is 0 Å². The number of carbonyl (C=O) groups is 2. The van der Waals surface area contributed by atoms with Crippen molar-refractivity contribution in [3.05, 3.63) is 67.3 Å². The lowest BCUT2D eigenvalue weighted by Gasteiger charge is -2.05. The van der Waals surface area contributed by atoms with Gasteiger partial charge in [0.2, 0.25) is 0 Å². The van der Waals surface area contributed by atoms with Crippen LogP contribution in [0.2, 0.25) is 0 Å². The Balaban J connectivity index is 1.61. The molecule has 160 valence electrons. The molecule has 0 spiro atoms. The Morgan fingerprint density at radius 1 is 1.13 bits per heavy atom. The Morgan fingerprint density at radius 3 is 2.55 bits per heavy atom. The fourth-order valence-corrected chi connectivity index (χ4v) is 3.98. The van der Waals surface area contributed by atoms with Gasteiger partial charge in [-0.05, 0) is 37.1 Å². The molecule has 0 radical (unpaired) electrons. The molecule has 0 saturated carbocycles. The molecule has 2 aromatic carbocycles. The maximum atomic E-state index is 12.1. The molecule has 0 unspecified atom stereocenters. The highest BCUT2D eigenvalue weighted by molar-refractivity contribution is 7.22. The molecule has 1 amide bonds. The van der Waals surface area contributed by atoms with Crippen LogP contribution in [-0.4, -0.2) is 33.3 Å². The van der Waals surface area contributed by atoms with Gasteiger partial charge in [-0.1, -0.05) is 17.4 Å². The molecule has 3 rings (SSSR count). The van der Waals surface area contributed by atoms with Crippen LogP contribution in [0.5, 0.6) is 0 Å². The van der Waals surface area contributed by atoms with E-state index in [2.05, 4.69) is 10.3 Å². The van der Waals surface area contributed by atoms with Gasteiger partial charge in [0.25, 0.3) is 17.3 Å². The van der Waals surface area contributed by atoms with Crippen LogP contribution in [0, 0.1) is 34.1 Å². The molecule has 1 aromatic heterocycles. The van der Waals surface area contributed by atoms with E-state index in [1.165, 1.54) is 11.3 Å². The third kappa shape index (κ3) is 5.17. The summed E-state index contributed by atoms with van der Waals surface area (Å²) in [5.41, 5.74) is 1.72. The number of hydrogen-bond acceptors (Lipinski definition) is 9. The lowest BCUT2D eigenvalue weighted by Crippen LogP contribution is -2.21. The van der Waals surface area contributed by atoms with Crippen LogP contribution in [0.1, 0.15) is 16.7 Å². The van der Waals surface area contributed by atoms with E-state index in [4.69, 9.17) is 4.74 Å². The molecule has 1 heterocycles. The number of ether oxygens (including phenoxy) is 1. The number of anilines is 1. The lowest BCUT2D eigenvalue weighted by atomic mass is 10.1. The summed E-state index contributed by atoms with van der Waals surface area (Å²) in [6.07, 6.45) is -0.513. The molecule has 0 saturated heterocycles. The van der Waals surface area contributed by atoms with Gasteiger partial charge in [-0.25, -0.2) is 4.98 Å². The minimum absolute atomic E-state index is 0.0574. The highest BCUT2D eigenvalue weighted by atomic mass is 32.1. The molecule has 0 bridgehead atoms. The first-order valence-corrected chi connectivity index (χ1v) is 9.70. The Kier molecular flexibility index (Phi) is 6.20. The zero-order valence-electron chi connectivity index (χ0n) is 16.4. The number of carbonyl (C=O) groups excluding carboxylic acids is 2. The first-order chi connectivity index (χ1) is 14.6. The highest BCUT2D eigenvalue weighted by Crippen LogP contribution is 2.29. The number of aromatic nitrogens is 1. The van der Waals surface area contributed by atoms with E-state index in [-0.39, 0.29) is 5.56 Å². The Hall–Kier alpha value is -3.93. The second-order valence-electron chi connectivity index (χ2n) is 6.66. The zero-order chi connectivity index (χ0) is 22.7. The summed E-state index contributed by atoms with van der Waals surface area (Å²) in [4.78, 5) is 48.8. The van der Waals surface area contributed by atoms with Crippen molar-refractivity contribution in [3.8, 4) is 0 Å². The van der Waals surface area contributed by atoms with Crippen LogP contribution in [0.25, 0.3) is 10.2 Å². The quantitative estimate of drug-likeness (QED) is 0.330. The minimum Gasteiger partial charge on any atom is -0.455 e. The van der Waals surface area contributed by atoms with E-state index in [0.29, 0.717) is 5.13 Å². The normalized spacial score (nSPS) is 10.6. The average molecular weight is 444 g/mol. The summed E-state index contributed by atoms with van der Waals surface area (Å²) in [6, 6.07) is 6.87. The Morgan fingerprint density at radius 2 is 1.87 bits per heavy atom. The fourth-order valence-electron chi connectivity index (χ4n) is 2.92.